The number of thiophene rings is 1. The van der Waals surface area contributed by atoms with Gasteiger partial charge in [0.05, 0.1) is 17.7 Å². The van der Waals surface area contributed by atoms with Crippen molar-refractivity contribution in [3.63, 3.8) is 0 Å². The molecule has 29 heavy (non-hydrogen) atoms. The Morgan fingerprint density at radius 1 is 1.14 bits per heavy atom. The molecule has 0 bridgehead atoms. The second kappa shape index (κ2) is 8.08. The summed E-state index contributed by atoms with van der Waals surface area (Å²) in [5, 5.41) is 3.90. The average Bonchev–Trinajstić information content (AvgIpc) is 3.40. The number of H-pyrrole nitrogens is 1. The Bertz CT molecular complexity index is 1100. The lowest BCUT2D eigenvalue weighted by Crippen LogP contribution is -2.21. The van der Waals surface area contributed by atoms with Crippen LogP contribution in [-0.4, -0.2) is 36.0 Å². The SMILES string of the molecule is CCOC(=O)c1c(NC(=O)COC(=O)c2c[nH]c3ccccc23)sc2c1CCC2. The van der Waals surface area contributed by atoms with Crippen molar-refractivity contribution in [2.24, 2.45) is 0 Å². The molecule has 2 aromatic heterocycles. The Morgan fingerprint density at radius 2 is 1.97 bits per heavy atom. The van der Waals surface area contributed by atoms with E-state index < -0.39 is 24.5 Å². The Kier molecular flexibility index (Phi) is 5.35. The lowest BCUT2D eigenvalue weighted by molar-refractivity contribution is -0.119. The van der Waals surface area contributed by atoms with Crippen molar-refractivity contribution in [1.82, 2.24) is 4.98 Å². The molecule has 0 saturated heterocycles. The van der Waals surface area contributed by atoms with E-state index in [4.69, 9.17) is 9.47 Å². The number of aromatic nitrogens is 1. The van der Waals surface area contributed by atoms with Crippen molar-refractivity contribution in [1.29, 1.82) is 0 Å². The van der Waals surface area contributed by atoms with Gasteiger partial charge in [-0.15, -0.1) is 11.3 Å². The zero-order valence-corrected chi connectivity index (χ0v) is 16.7. The van der Waals surface area contributed by atoms with Crippen LogP contribution in [0.4, 0.5) is 5.00 Å². The fourth-order valence-electron chi connectivity index (χ4n) is 3.52. The molecule has 150 valence electrons. The van der Waals surface area contributed by atoms with E-state index in [1.54, 1.807) is 19.2 Å². The normalized spacial score (nSPS) is 12.6. The minimum absolute atomic E-state index is 0.263. The van der Waals surface area contributed by atoms with Gasteiger partial charge in [0, 0.05) is 22.0 Å². The van der Waals surface area contributed by atoms with Crippen LogP contribution in [0.2, 0.25) is 0 Å². The fourth-order valence-corrected chi connectivity index (χ4v) is 4.82. The Hall–Kier alpha value is -3.13. The van der Waals surface area contributed by atoms with Crippen LogP contribution in [-0.2, 0) is 27.1 Å². The fraction of sp³-hybridized carbons (Fsp3) is 0.286. The quantitative estimate of drug-likeness (QED) is 0.602. The van der Waals surface area contributed by atoms with E-state index in [0.29, 0.717) is 16.1 Å². The molecule has 2 N–H and O–H groups in total. The molecular weight excluding hydrogens is 392 g/mol. The Morgan fingerprint density at radius 3 is 2.79 bits per heavy atom. The van der Waals surface area contributed by atoms with E-state index in [0.717, 1.165) is 40.6 Å². The van der Waals surface area contributed by atoms with Crippen molar-refractivity contribution in [2.75, 3.05) is 18.5 Å². The highest BCUT2D eigenvalue weighted by molar-refractivity contribution is 7.17. The predicted molar refractivity (Wildman–Crippen MR) is 110 cm³/mol. The van der Waals surface area contributed by atoms with Crippen LogP contribution in [0.25, 0.3) is 10.9 Å². The predicted octanol–water partition coefficient (Wildman–Crippen LogP) is 3.69. The number of aryl methyl sites for hydroxylation is 1. The summed E-state index contributed by atoms with van der Waals surface area (Å²) in [7, 11) is 0. The number of ether oxygens (including phenoxy) is 2. The third-order valence-corrected chi connectivity index (χ3v) is 6.00. The number of rotatable bonds is 6. The van der Waals surface area contributed by atoms with Crippen molar-refractivity contribution in [3.05, 3.63) is 52.0 Å². The number of amides is 1. The van der Waals surface area contributed by atoms with Gasteiger partial charge >= 0.3 is 11.9 Å². The molecule has 3 aromatic rings. The number of esters is 2. The van der Waals surface area contributed by atoms with Crippen LogP contribution in [0.1, 0.15) is 44.5 Å². The number of hydrogen-bond donors (Lipinski definition) is 2. The molecule has 1 aliphatic rings. The van der Waals surface area contributed by atoms with Gasteiger partial charge < -0.3 is 19.8 Å². The van der Waals surface area contributed by atoms with Crippen LogP contribution in [0.5, 0.6) is 0 Å². The molecular formula is C21H20N2O5S. The number of hydrogen-bond acceptors (Lipinski definition) is 6. The number of carbonyl (C=O) groups excluding carboxylic acids is 3. The summed E-state index contributed by atoms with van der Waals surface area (Å²) in [6.45, 7) is 1.56. The van der Waals surface area contributed by atoms with Crippen LogP contribution in [0.3, 0.4) is 0 Å². The number of anilines is 1. The number of benzene rings is 1. The van der Waals surface area contributed by atoms with E-state index in [2.05, 4.69) is 10.3 Å². The first-order valence-electron chi connectivity index (χ1n) is 9.43. The highest BCUT2D eigenvalue weighted by Crippen LogP contribution is 2.39. The van der Waals surface area contributed by atoms with Gasteiger partial charge in [0.15, 0.2) is 6.61 Å². The second-order valence-corrected chi connectivity index (χ2v) is 7.76. The maximum Gasteiger partial charge on any atom is 0.341 e. The minimum Gasteiger partial charge on any atom is -0.462 e. The van der Waals surface area contributed by atoms with Gasteiger partial charge in [-0.25, -0.2) is 9.59 Å². The van der Waals surface area contributed by atoms with Crippen LogP contribution in [0, 0.1) is 0 Å². The molecule has 1 aliphatic carbocycles. The van der Waals surface area contributed by atoms with Crippen LogP contribution >= 0.6 is 11.3 Å². The summed E-state index contributed by atoms with van der Waals surface area (Å²) >= 11 is 1.39. The standard InChI is InChI=1S/C21H20N2O5S/c1-2-27-21(26)18-13-7-5-9-16(13)29-19(18)23-17(24)11-28-20(25)14-10-22-15-8-4-3-6-12(14)15/h3-4,6,8,10,22H,2,5,7,9,11H2,1H3,(H,23,24). The number of para-hydroxylation sites is 1. The zero-order chi connectivity index (χ0) is 20.4. The molecule has 0 atom stereocenters. The zero-order valence-electron chi connectivity index (χ0n) is 15.9. The van der Waals surface area contributed by atoms with E-state index in [-0.39, 0.29) is 6.61 Å². The van der Waals surface area contributed by atoms with Crippen molar-refractivity contribution in [3.8, 4) is 0 Å². The van der Waals surface area contributed by atoms with E-state index in [9.17, 15) is 14.4 Å². The number of carbonyl (C=O) groups is 3. The summed E-state index contributed by atoms with van der Waals surface area (Å²) in [4.78, 5) is 41.2. The minimum atomic E-state index is -0.586. The largest absolute Gasteiger partial charge is 0.462 e. The molecule has 4 rings (SSSR count). The summed E-state index contributed by atoms with van der Waals surface area (Å²) in [6, 6.07) is 7.35. The summed E-state index contributed by atoms with van der Waals surface area (Å²) in [5.41, 5.74) is 2.58. The average molecular weight is 412 g/mol. The van der Waals surface area contributed by atoms with Crippen molar-refractivity contribution < 1.29 is 23.9 Å². The third-order valence-electron chi connectivity index (χ3n) is 4.80. The maximum atomic E-state index is 12.4. The van der Waals surface area contributed by atoms with Gasteiger partial charge in [-0.3, -0.25) is 4.79 Å². The summed E-state index contributed by atoms with van der Waals surface area (Å²) in [6.07, 6.45) is 4.24. The lowest BCUT2D eigenvalue weighted by atomic mass is 10.1. The first kappa shape index (κ1) is 19.2. The first-order valence-corrected chi connectivity index (χ1v) is 10.2. The van der Waals surface area contributed by atoms with E-state index in [1.807, 2.05) is 18.2 Å². The smallest absolute Gasteiger partial charge is 0.341 e. The van der Waals surface area contributed by atoms with Crippen LogP contribution < -0.4 is 5.32 Å². The molecule has 0 radical (unpaired) electrons. The molecule has 0 spiro atoms. The van der Waals surface area contributed by atoms with Gasteiger partial charge in [-0.1, -0.05) is 18.2 Å². The molecule has 0 saturated carbocycles. The van der Waals surface area contributed by atoms with Crippen LogP contribution in [0.15, 0.2) is 30.5 Å². The monoisotopic (exact) mass is 412 g/mol. The highest BCUT2D eigenvalue weighted by Gasteiger charge is 2.28. The number of aromatic amines is 1. The van der Waals surface area contributed by atoms with E-state index >= 15 is 0 Å². The molecule has 7 nitrogen and oxygen atoms in total. The first-order chi connectivity index (χ1) is 14.1. The molecule has 1 amide bonds. The van der Waals surface area contributed by atoms with Gasteiger partial charge in [0.1, 0.15) is 5.00 Å². The molecule has 0 unspecified atom stereocenters. The second-order valence-electron chi connectivity index (χ2n) is 6.65. The lowest BCUT2D eigenvalue weighted by Gasteiger charge is -2.08. The van der Waals surface area contributed by atoms with Gasteiger partial charge in [-0.05, 0) is 37.8 Å². The number of nitrogens with one attached hydrogen (secondary N) is 2. The van der Waals surface area contributed by atoms with Crippen molar-refractivity contribution >= 4 is 45.1 Å². The maximum absolute atomic E-state index is 12.4. The molecule has 2 heterocycles. The van der Waals surface area contributed by atoms with Gasteiger partial charge in [0.2, 0.25) is 0 Å². The molecule has 0 fully saturated rings. The summed E-state index contributed by atoms with van der Waals surface area (Å²) < 4.78 is 10.3. The molecule has 0 aliphatic heterocycles. The number of fused-ring (bicyclic) bond motifs is 2. The Balaban J connectivity index is 1.44. The molecule has 8 heteroatoms. The highest BCUT2D eigenvalue weighted by atomic mass is 32.1. The van der Waals surface area contributed by atoms with Gasteiger partial charge in [0.25, 0.3) is 5.91 Å². The Labute approximate surface area is 171 Å². The third kappa shape index (κ3) is 3.75. The van der Waals surface area contributed by atoms with Crippen molar-refractivity contribution in [2.45, 2.75) is 26.2 Å². The van der Waals surface area contributed by atoms with E-state index in [1.165, 1.54) is 11.3 Å². The molecule has 1 aromatic carbocycles. The van der Waals surface area contributed by atoms with Gasteiger partial charge in [-0.2, -0.15) is 0 Å². The topological polar surface area (TPSA) is 97.5 Å². The summed E-state index contributed by atoms with van der Waals surface area (Å²) in [5.74, 6) is -1.52.